The molecule has 1 aliphatic heterocycles. The normalized spacial score (nSPS) is 28.1. The molecule has 6 heteroatoms. The van der Waals surface area contributed by atoms with Gasteiger partial charge in [0.1, 0.15) is 5.54 Å². The Balaban J connectivity index is 1.65. The number of ether oxygens (including phenoxy) is 1. The van der Waals surface area contributed by atoms with Gasteiger partial charge in [0.05, 0.1) is 25.8 Å². The summed E-state index contributed by atoms with van der Waals surface area (Å²) in [7, 11) is 1.86. The van der Waals surface area contributed by atoms with E-state index >= 15 is 0 Å². The second-order valence-electron chi connectivity index (χ2n) is 7.03. The molecule has 3 aliphatic rings. The van der Waals surface area contributed by atoms with Crippen LogP contribution in [0.4, 0.5) is 0 Å². The summed E-state index contributed by atoms with van der Waals surface area (Å²) in [6, 6.07) is 0.225. The smallest absolute Gasteiger partial charge is 0.237 e. The summed E-state index contributed by atoms with van der Waals surface area (Å²) < 4.78 is 5.55. The summed E-state index contributed by atoms with van der Waals surface area (Å²) in [5.74, 6) is 0.419. The van der Waals surface area contributed by atoms with Gasteiger partial charge in [-0.05, 0) is 38.6 Å². The maximum atomic E-state index is 12.7. The third-order valence-electron chi connectivity index (χ3n) is 5.64. The van der Waals surface area contributed by atoms with E-state index in [2.05, 4.69) is 0 Å². The van der Waals surface area contributed by atoms with Gasteiger partial charge in [-0.25, -0.2) is 0 Å². The molecular weight excluding hydrogens is 282 g/mol. The van der Waals surface area contributed by atoms with Gasteiger partial charge in [0, 0.05) is 6.54 Å². The highest BCUT2D eigenvalue weighted by Gasteiger charge is 2.45. The van der Waals surface area contributed by atoms with Crippen molar-refractivity contribution in [2.24, 2.45) is 11.7 Å². The van der Waals surface area contributed by atoms with Crippen LogP contribution in [-0.2, 0) is 14.3 Å². The predicted molar refractivity (Wildman–Crippen MR) is 82.1 cm³/mol. The summed E-state index contributed by atoms with van der Waals surface area (Å²) in [5, 5.41) is 0. The third-order valence-corrected chi connectivity index (χ3v) is 5.64. The van der Waals surface area contributed by atoms with Crippen LogP contribution in [0.5, 0.6) is 0 Å². The molecule has 1 saturated heterocycles. The highest BCUT2D eigenvalue weighted by Crippen LogP contribution is 2.37. The lowest BCUT2D eigenvalue weighted by Crippen LogP contribution is -2.59. The van der Waals surface area contributed by atoms with Crippen molar-refractivity contribution in [3.05, 3.63) is 0 Å². The number of nitrogens with two attached hydrogens (primary N) is 1. The van der Waals surface area contributed by atoms with Crippen LogP contribution in [0.3, 0.4) is 0 Å². The standard InChI is InChI=1S/C16H27N3O3/c1-18(16(15(17)21)6-2-3-7-16)10-14(20)19-8-9-22-11-13(19)12-4-5-12/h12-13H,2-11H2,1H3,(H2,17,21). The van der Waals surface area contributed by atoms with Crippen molar-refractivity contribution in [3.8, 4) is 0 Å². The summed E-state index contributed by atoms with van der Waals surface area (Å²) in [6.45, 7) is 2.20. The van der Waals surface area contributed by atoms with Crippen molar-refractivity contribution in [1.82, 2.24) is 9.80 Å². The molecule has 0 aromatic carbocycles. The van der Waals surface area contributed by atoms with Crippen LogP contribution in [0.15, 0.2) is 0 Å². The predicted octanol–water partition coefficient (Wildman–Crippen LogP) is 0.354. The fourth-order valence-corrected chi connectivity index (χ4v) is 4.03. The molecule has 2 N–H and O–H groups in total. The Bertz CT molecular complexity index is 444. The zero-order valence-corrected chi connectivity index (χ0v) is 13.4. The molecule has 1 heterocycles. The van der Waals surface area contributed by atoms with E-state index in [1.807, 2.05) is 16.8 Å². The molecule has 2 saturated carbocycles. The Morgan fingerprint density at radius 2 is 2.00 bits per heavy atom. The molecule has 3 rings (SSSR count). The van der Waals surface area contributed by atoms with E-state index in [4.69, 9.17) is 10.5 Å². The summed E-state index contributed by atoms with van der Waals surface area (Å²) in [5.41, 5.74) is 5.02. The second-order valence-corrected chi connectivity index (χ2v) is 7.03. The van der Waals surface area contributed by atoms with Gasteiger partial charge >= 0.3 is 0 Å². The molecule has 1 unspecified atom stereocenters. The van der Waals surface area contributed by atoms with Gasteiger partial charge < -0.3 is 15.4 Å². The lowest BCUT2D eigenvalue weighted by Gasteiger charge is -2.40. The van der Waals surface area contributed by atoms with Crippen LogP contribution in [-0.4, -0.2) is 66.5 Å². The minimum Gasteiger partial charge on any atom is -0.377 e. The summed E-state index contributed by atoms with van der Waals surface area (Å²) in [4.78, 5) is 28.6. The molecule has 0 aromatic heterocycles. The molecule has 0 aromatic rings. The van der Waals surface area contributed by atoms with Crippen LogP contribution < -0.4 is 5.73 Å². The van der Waals surface area contributed by atoms with Crippen LogP contribution in [0.2, 0.25) is 0 Å². The van der Waals surface area contributed by atoms with Gasteiger partial charge in [-0.1, -0.05) is 12.8 Å². The minimum atomic E-state index is -0.628. The number of rotatable bonds is 5. The fourth-order valence-electron chi connectivity index (χ4n) is 4.03. The van der Waals surface area contributed by atoms with Crippen LogP contribution in [0.1, 0.15) is 38.5 Å². The summed E-state index contributed by atoms with van der Waals surface area (Å²) in [6.07, 6.45) is 5.92. The van der Waals surface area contributed by atoms with Crippen molar-refractivity contribution in [3.63, 3.8) is 0 Å². The molecular formula is C16H27N3O3. The molecule has 6 nitrogen and oxygen atoms in total. The van der Waals surface area contributed by atoms with Crippen molar-refractivity contribution in [2.45, 2.75) is 50.1 Å². The quantitative estimate of drug-likeness (QED) is 0.795. The lowest BCUT2D eigenvalue weighted by molar-refractivity contribution is -0.144. The zero-order valence-electron chi connectivity index (χ0n) is 13.4. The number of primary amides is 1. The first kappa shape index (κ1) is 15.7. The topological polar surface area (TPSA) is 75.9 Å². The van der Waals surface area contributed by atoms with Crippen molar-refractivity contribution in [1.29, 1.82) is 0 Å². The lowest BCUT2D eigenvalue weighted by atomic mass is 9.94. The Morgan fingerprint density at radius 1 is 1.32 bits per heavy atom. The molecule has 0 radical (unpaired) electrons. The van der Waals surface area contributed by atoms with Crippen molar-refractivity contribution >= 4 is 11.8 Å². The highest BCUT2D eigenvalue weighted by atomic mass is 16.5. The molecule has 1 atom stereocenters. The Morgan fingerprint density at radius 3 is 2.59 bits per heavy atom. The van der Waals surface area contributed by atoms with E-state index in [0.29, 0.717) is 25.7 Å². The zero-order chi connectivity index (χ0) is 15.7. The van der Waals surface area contributed by atoms with E-state index in [1.165, 1.54) is 12.8 Å². The third kappa shape index (κ3) is 2.86. The van der Waals surface area contributed by atoms with E-state index < -0.39 is 5.54 Å². The second kappa shape index (κ2) is 6.16. The highest BCUT2D eigenvalue weighted by molar-refractivity contribution is 5.86. The van der Waals surface area contributed by atoms with Crippen molar-refractivity contribution < 1.29 is 14.3 Å². The monoisotopic (exact) mass is 309 g/mol. The minimum absolute atomic E-state index is 0.107. The SMILES string of the molecule is CN(CC(=O)N1CCOCC1C1CC1)C1(C(N)=O)CCCC1. The first-order valence-electron chi connectivity index (χ1n) is 8.43. The van der Waals surface area contributed by atoms with Crippen LogP contribution in [0.25, 0.3) is 0 Å². The van der Waals surface area contributed by atoms with Crippen LogP contribution >= 0.6 is 0 Å². The van der Waals surface area contributed by atoms with Gasteiger partial charge in [-0.15, -0.1) is 0 Å². The van der Waals surface area contributed by atoms with Gasteiger partial charge in [0.15, 0.2) is 0 Å². The van der Waals surface area contributed by atoms with Crippen molar-refractivity contribution in [2.75, 3.05) is 33.4 Å². The number of morpholine rings is 1. The largest absolute Gasteiger partial charge is 0.377 e. The maximum Gasteiger partial charge on any atom is 0.237 e. The van der Waals surface area contributed by atoms with Gasteiger partial charge in [0.25, 0.3) is 0 Å². The van der Waals surface area contributed by atoms with Crippen LogP contribution in [0, 0.1) is 5.92 Å². The molecule has 22 heavy (non-hydrogen) atoms. The molecule has 2 aliphatic carbocycles. The first-order valence-corrected chi connectivity index (χ1v) is 8.43. The Kier molecular flexibility index (Phi) is 4.41. The number of hydrogen-bond donors (Lipinski definition) is 1. The first-order chi connectivity index (χ1) is 10.5. The Labute approximate surface area is 131 Å². The number of carbonyl (C=O) groups excluding carboxylic acids is 2. The van der Waals surface area contributed by atoms with E-state index in [1.54, 1.807) is 0 Å². The molecule has 0 bridgehead atoms. The number of nitrogens with zero attached hydrogens (tertiary/aromatic N) is 2. The average Bonchev–Trinajstić information content (AvgIpc) is 3.22. The summed E-state index contributed by atoms with van der Waals surface area (Å²) >= 11 is 0. The molecule has 124 valence electrons. The molecule has 2 amide bonds. The van der Waals surface area contributed by atoms with E-state index in [0.717, 1.165) is 25.7 Å². The van der Waals surface area contributed by atoms with E-state index in [-0.39, 0.29) is 24.4 Å². The fraction of sp³-hybridized carbons (Fsp3) is 0.875. The molecule has 0 spiro atoms. The maximum absolute atomic E-state index is 12.7. The number of hydrogen-bond acceptors (Lipinski definition) is 4. The average molecular weight is 309 g/mol. The number of likely N-dealkylation sites (N-methyl/N-ethyl adjacent to an activating group) is 1. The van der Waals surface area contributed by atoms with Gasteiger partial charge in [-0.3, -0.25) is 14.5 Å². The Hall–Kier alpha value is -1.14. The van der Waals surface area contributed by atoms with Gasteiger partial charge in [0.2, 0.25) is 11.8 Å². The van der Waals surface area contributed by atoms with E-state index in [9.17, 15) is 9.59 Å². The van der Waals surface area contributed by atoms with Gasteiger partial charge in [-0.2, -0.15) is 0 Å². The molecule has 3 fully saturated rings. The number of carbonyl (C=O) groups is 2. The number of amides is 2.